The first-order valence-corrected chi connectivity index (χ1v) is 8.72. The minimum absolute atomic E-state index is 0. The highest BCUT2D eigenvalue weighted by Crippen LogP contribution is 2.16. The van der Waals surface area contributed by atoms with Gasteiger partial charge in [0, 0.05) is 38.1 Å². The smallest absolute Gasteiger partial charge is 0.275 e. The molecule has 0 spiro atoms. The number of nitrogens with zero attached hydrogens (tertiary/aromatic N) is 3. The average Bonchev–Trinajstić information content (AvgIpc) is 2.64. The maximum Gasteiger partial charge on any atom is 0.275 e. The summed E-state index contributed by atoms with van der Waals surface area (Å²) >= 11 is 0. The Bertz CT molecular complexity index is 784. The maximum atomic E-state index is 12.9. The first-order valence-electron chi connectivity index (χ1n) is 8.72. The largest absolute Gasteiger partial charge is 0.335 e. The molecule has 136 valence electrons. The maximum absolute atomic E-state index is 12.9. The summed E-state index contributed by atoms with van der Waals surface area (Å²) in [4.78, 5) is 27.4. The highest BCUT2D eigenvalue weighted by atomic mass is 35.5. The molecule has 1 aliphatic heterocycles. The molecule has 0 saturated carbocycles. The topological polar surface area (TPSA) is 67.2 Å². The zero-order valence-electron chi connectivity index (χ0n) is 14.5. The van der Waals surface area contributed by atoms with Gasteiger partial charge < -0.3 is 10.2 Å². The summed E-state index contributed by atoms with van der Waals surface area (Å²) in [5, 5.41) is 8.91. The molecular weight excluding hydrogens is 340 g/mol. The number of amides is 1. The Kier molecular flexibility index (Phi) is 6.96. The Morgan fingerprint density at radius 3 is 2.52 bits per heavy atom. The Hall–Kier alpha value is -1.92. The standard InChI is InChI=1S/C18H24N4O2.ClH/c1-2-3-6-11-22-17(23)15-8-5-4-7-14(15)16(20-22)18(24)21-12-9-19-10-13-21;/h4-5,7-8,19H,2-3,6,9-13H2,1H3;1H. The van der Waals surface area contributed by atoms with Crippen molar-refractivity contribution in [3.05, 3.63) is 40.3 Å². The van der Waals surface area contributed by atoms with Crippen LogP contribution in [0.4, 0.5) is 0 Å². The lowest BCUT2D eigenvalue weighted by atomic mass is 10.1. The summed E-state index contributed by atoms with van der Waals surface area (Å²) in [6.45, 7) is 5.60. The fraction of sp³-hybridized carbons (Fsp3) is 0.500. The summed E-state index contributed by atoms with van der Waals surface area (Å²) in [6.07, 6.45) is 3.01. The molecule has 1 N–H and O–H groups in total. The van der Waals surface area contributed by atoms with E-state index in [4.69, 9.17) is 0 Å². The first kappa shape index (κ1) is 19.4. The lowest BCUT2D eigenvalue weighted by Gasteiger charge is -2.27. The Balaban J connectivity index is 0.00000225. The van der Waals surface area contributed by atoms with Crippen molar-refractivity contribution in [3.63, 3.8) is 0 Å². The predicted octanol–water partition coefficient (Wildman–Crippen LogP) is 2.05. The second-order valence-corrected chi connectivity index (χ2v) is 6.17. The third kappa shape index (κ3) is 4.19. The van der Waals surface area contributed by atoms with E-state index in [0.717, 1.165) is 32.4 Å². The van der Waals surface area contributed by atoms with Gasteiger partial charge >= 0.3 is 0 Å². The zero-order valence-corrected chi connectivity index (χ0v) is 15.3. The van der Waals surface area contributed by atoms with Crippen molar-refractivity contribution in [2.75, 3.05) is 26.2 Å². The molecule has 1 aliphatic rings. The summed E-state index contributed by atoms with van der Waals surface area (Å²) in [5.41, 5.74) is 0.280. The van der Waals surface area contributed by atoms with Gasteiger partial charge in [-0.3, -0.25) is 9.59 Å². The van der Waals surface area contributed by atoms with E-state index in [-0.39, 0.29) is 23.9 Å². The molecular formula is C18H25ClN4O2. The van der Waals surface area contributed by atoms with E-state index >= 15 is 0 Å². The number of hydrogen-bond donors (Lipinski definition) is 1. The number of nitrogens with one attached hydrogen (secondary N) is 1. The molecule has 2 aromatic rings. The molecule has 0 radical (unpaired) electrons. The van der Waals surface area contributed by atoms with E-state index in [1.54, 1.807) is 6.07 Å². The van der Waals surface area contributed by atoms with E-state index in [2.05, 4.69) is 17.3 Å². The van der Waals surface area contributed by atoms with Gasteiger partial charge in [0.15, 0.2) is 5.69 Å². The summed E-state index contributed by atoms with van der Waals surface area (Å²) < 4.78 is 1.47. The number of rotatable bonds is 5. The van der Waals surface area contributed by atoms with Gasteiger partial charge in [0.25, 0.3) is 11.5 Å². The van der Waals surface area contributed by atoms with Crippen molar-refractivity contribution in [1.82, 2.24) is 20.0 Å². The molecule has 1 aromatic carbocycles. The van der Waals surface area contributed by atoms with Gasteiger partial charge in [0.1, 0.15) is 0 Å². The third-order valence-electron chi connectivity index (χ3n) is 4.45. The number of unbranched alkanes of at least 4 members (excludes halogenated alkanes) is 2. The normalized spacial score (nSPS) is 14.4. The summed E-state index contributed by atoms with van der Waals surface area (Å²) in [7, 11) is 0. The van der Waals surface area contributed by atoms with Gasteiger partial charge in [-0.05, 0) is 12.5 Å². The molecule has 3 rings (SSSR count). The van der Waals surface area contributed by atoms with Gasteiger partial charge in [-0.25, -0.2) is 4.68 Å². The van der Waals surface area contributed by atoms with Crippen molar-refractivity contribution >= 4 is 29.1 Å². The van der Waals surface area contributed by atoms with Crippen molar-refractivity contribution in [2.24, 2.45) is 0 Å². The summed E-state index contributed by atoms with van der Waals surface area (Å²) in [5.74, 6) is -0.0862. The molecule has 0 aliphatic carbocycles. The van der Waals surface area contributed by atoms with Gasteiger partial charge in [0.05, 0.1) is 5.39 Å². The van der Waals surface area contributed by atoms with Crippen LogP contribution in [0.1, 0.15) is 36.7 Å². The molecule has 1 amide bonds. The van der Waals surface area contributed by atoms with Crippen LogP contribution in [0, 0.1) is 0 Å². The molecule has 0 unspecified atom stereocenters. The number of aromatic nitrogens is 2. The van der Waals surface area contributed by atoms with E-state index < -0.39 is 0 Å². The van der Waals surface area contributed by atoms with Crippen LogP contribution in [0.2, 0.25) is 0 Å². The van der Waals surface area contributed by atoms with Crippen molar-refractivity contribution in [3.8, 4) is 0 Å². The van der Waals surface area contributed by atoms with Crippen LogP contribution in [-0.2, 0) is 6.54 Å². The Morgan fingerprint density at radius 1 is 1.16 bits per heavy atom. The molecule has 1 saturated heterocycles. The molecule has 0 bridgehead atoms. The number of halogens is 1. The Morgan fingerprint density at radius 2 is 1.84 bits per heavy atom. The van der Waals surface area contributed by atoms with Crippen LogP contribution in [-0.4, -0.2) is 46.8 Å². The molecule has 2 heterocycles. The number of carbonyl (C=O) groups excluding carboxylic acids is 1. The number of benzene rings is 1. The van der Waals surface area contributed by atoms with Crippen LogP contribution in [0.25, 0.3) is 10.8 Å². The summed E-state index contributed by atoms with van der Waals surface area (Å²) in [6, 6.07) is 7.28. The van der Waals surface area contributed by atoms with Crippen molar-refractivity contribution in [1.29, 1.82) is 0 Å². The quantitative estimate of drug-likeness (QED) is 0.824. The molecule has 1 aromatic heterocycles. The van der Waals surface area contributed by atoms with E-state index in [9.17, 15) is 9.59 Å². The van der Waals surface area contributed by atoms with Crippen LogP contribution in [0.5, 0.6) is 0 Å². The van der Waals surface area contributed by atoms with E-state index in [0.29, 0.717) is 36.1 Å². The van der Waals surface area contributed by atoms with E-state index in [1.807, 2.05) is 23.1 Å². The lowest BCUT2D eigenvalue weighted by molar-refractivity contribution is 0.0729. The minimum atomic E-state index is -0.112. The molecule has 0 atom stereocenters. The number of fused-ring (bicyclic) bond motifs is 1. The highest BCUT2D eigenvalue weighted by molar-refractivity contribution is 6.04. The zero-order chi connectivity index (χ0) is 16.9. The van der Waals surface area contributed by atoms with Crippen molar-refractivity contribution in [2.45, 2.75) is 32.7 Å². The first-order chi connectivity index (χ1) is 11.7. The third-order valence-corrected chi connectivity index (χ3v) is 4.45. The van der Waals surface area contributed by atoms with Gasteiger partial charge in [0.2, 0.25) is 0 Å². The predicted molar refractivity (Wildman–Crippen MR) is 102 cm³/mol. The number of piperazine rings is 1. The van der Waals surface area contributed by atoms with Gasteiger partial charge in [-0.1, -0.05) is 38.0 Å². The van der Waals surface area contributed by atoms with Crippen LogP contribution in [0.15, 0.2) is 29.1 Å². The highest BCUT2D eigenvalue weighted by Gasteiger charge is 2.23. The fourth-order valence-electron chi connectivity index (χ4n) is 3.07. The van der Waals surface area contributed by atoms with Crippen LogP contribution in [0.3, 0.4) is 0 Å². The van der Waals surface area contributed by atoms with Crippen molar-refractivity contribution < 1.29 is 4.79 Å². The second-order valence-electron chi connectivity index (χ2n) is 6.17. The number of hydrogen-bond acceptors (Lipinski definition) is 4. The van der Waals surface area contributed by atoms with Gasteiger partial charge in [-0.2, -0.15) is 5.10 Å². The molecule has 6 nitrogen and oxygen atoms in total. The minimum Gasteiger partial charge on any atom is -0.335 e. The second kappa shape index (κ2) is 8.97. The fourth-order valence-corrected chi connectivity index (χ4v) is 3.07. The van der Waals surface area contributed by atoms with Crippen LogP contribution >= 0.6 is 12.4 Å². The van der Waals surface area contributed by atoms with Gasteiger partial charge in [-0.15, -0.1) is 12.4 Å². The van der Waals surface area contributed by atoms with E-state index in [1.165, 1.54) is 4.68 Å². The monoisotopic (exact) mass is 364 g/mol. The number of carbonyl (C=O) groups is 1. The molecule has 7 heteroatoms. The lowest BCUT2D eigenvalue weighted by Crippen LogP contribution is -2.47. The molecule has 25 heavy (non-hydrogen) atoms. The Labute approximate surface area is 153 Å². The molecule has 1 fully saturated rings. The average molecular weight is 365 g/mol. The van der Waals surface area contributed by atoms with Crippen LogP contribution < -0.4 is 10.9 Å². The SMILES string of the molecule is CCCCCn1nc(C(=O)N2CCNCC2)c2ccccc2c1=O.Cl. The number of aryl methyl sites for hydroxylation is 1.